The Balaban J connectivity index is 2.25. The summed E-state index contributed by atoms with van der Waals surface area (Å²) in [6.45, 7) is 0. The normalized spacial score (nSPS) is 10.2. The predicted octanol–water partition coefficient (Wildman–Crippen LogP) is 2.64. The van der Waals surface area contributed by atoms with E-state index >= 15 is 0 Å². The Bertz CT molecular complexity index is 698. The average Bonchev–Trinajstić information content (AvgIpc) is 2.33. The number of hydrogen-bond acceptors (Lipinski definition) is 3. The summed E-state index contributed by atoms with van der Waals surface area (Å²) in [5.41, 5.74) is -0.126. The first-order valence-electron chi connectivity index (χ1n) is 5.15. The van der Waals surface area contributed by atoms with Crippen molar-refractivity contribution in [2.75, 3.05) is 5.32 Å². The lowest BCUT2D eigenvalue weighted by molar-refractivity contribution is 0.102. The first-order chi connectivity index (χ1) is 8.97. The molecular weight excluding hydrogens is 291 g/mol. The molecule has 0 aliphatic heterocycles. The Labute approximate surface area is 117 Å². The van der Waals surface area contributed by atoms with Gasteiger partial charge in [-0.3, -0.25) is 9.59 Å². The average molecular weight is 299 g/mol. The number of H-pyrrole nitrogens is 1. The fourth-order valence-electron chi connectivity index (χ4n) is 1.42. The summed E-state index contributed by atoms with van der Waals surface area (Å²) < 4.78 is 0. The van der Waals surface area contributed by atoms with Crippen molar-refractivity contribution in [3.63, 3.8) is 0 Å². The van der Waals surface area contributed by atoms with Crippen LogP contribution < -0.4 is 10.9 Å². The van der Waals surface area contributed by atoms with E-state index in [9.17, 15) is 14.7 Å². The number of pyridine rings is 1. The number of halogens is 2. The Morgan fingerprint density at radius 3 is 2.58 bits per heavy atom. The molecule has 3 N–H and O–H groups in total. The third-order valence-electron chi connectivity index (χ3n) is 2.32. The smallest absolute Gasteiger partial charge is 0.260 e. The predicted molar refractivity (Wildman–Crippen MR) is 73.1 cm³/mol. The standard InChI is InChI=1S/C12H8Cl2N2O3/c13-8-2-1-6(3-9(8)14)16-12(19)7-5-15-11(18)4-10(7)17/h1-5H,(H,16,19)(H2,15,17,18). The Hall–Kier alpha value is -1.98. The molecule has 2 rings (SSSR count). The molecule has 5 nitrogen and oxygen atoms in total. The van der Waals surface area contributed by atoms with Crippen molar-refractivity contribution in [3.8, 4) is 5.75 Å². The third kappa shape index (κ3) is 3.07. The van der Waals surface area contributed by atoms with Gasteiger partial charge in [0.1, 0.15) is 5.75 Å². The minimum absolute atomic E-state index is 0.0503. The van der Waals surface area contributed by atoms with E-state index in [-0.39, 0.29) is 5.56 Å². The van der Waals surface area contributed by atoms with Crippen LogP contribution in [0.15, 0.2) is 35.3 Å². The van der Waals surface area contributed by atoms with E-state index in [2.05, 4.69) is 10.3 Å². The SMILES string of the molecule is O=C(Nc1ccc(Cl)c(Cl)c1)c1c[nH]c(=O)cc1O. The molecule has 0 saturated heterocycles. The molecule has 0 fully saturated rings. The van der Waals surface area contributed by atoms with E-state index in [1.54, 1.807) is 6.07 Å². The molecule has 0 radical (unpaired) electrons. The van der Waals surface area contributed by atoms with E-state index in [1.165, 1.54) is 12.1 Å². The van der Waals surface area contributed by atoms with Gasteiger partial charge in [-0.2, -0.15) is 0 Å². The summed E-state index contributed by atoms with van der Waals surface area (Å²) in [6.07, 6.45) is 1.13. The van der Waals surface area contributed by atoms with Gasteiger partial charge < -0.3 is 15.4 Å². The summed E-state index contributed by atoms with van der Waals surface area (Å²) in [7, 11) is 0. The highest BCUT2D eigenvalue weighted by molar-refractivity contribution is 6.42. The van der Waals surface area contributed by atoms with Gasteiger partial charge in [-0.15, -0.1) is 0 Å². The summed E-state index contributed by atoms with van der Waals surface area (Å²) >= 11 is 11.6. The van der Waals surface area contributed by atoms with Crippen molar-refractivity contribution in [3.05, 3.63) is 56.4 Å². The van der Waals surface area contributed by atoms with E-state index in [0.717, 1.165) is 12.3 Å². The number of benzene rings is 1. The van der Waals surface area contributed by atoms with Gasteiger partial charge in [0.25, 0.3) is 11.5 Å². The number of nitrogens with one attached hydrogen (secondary N) is 2. The maximum Gasteiger partial charge on any atom is 0.260 e. The zero-order valence-electron chi connectivity index (χ0n) is 9.41. The second kappa shape index (κ2) is 5.34. The lowest BCUT2D eigenvalue weighted by Crippen LogP contribution is -2.15. The van der Waals surface area contributed by atoms with Gasteiger partial charge in [-0.25, -0.2) is 0 Å². The minimum atomic E-state index is -0.577. The summed E-state index contributed by atoms with van der Waals surface area (Å²) in [5.74, 6) is -0.978. The van der Waals surface area contributed by atoms with Crippen LogP contribution in [-0.4, -0.2) is 16.0 Å². The molecule has 0 bridgehead atoms. The molecule has 0 atom stereocenters. The fourth-order valence-corrected chi connectivity index (χ4v) is 1.71. The van der Waals surface area contributed by atoms with Gasteiger partial charge in [0, 0.05) is 18.0 Å². The van der Waals surface area contributed by atoms with Crippen molar-refractivity contribution >= 4 is 34.8 Å². The zero-order valence-corrected chi connectivity index (χ0v) is 10.9. The quantitative estimate of drug-likeness (QED) is 0.797. The highest BCUT2D eigenvalue weighted by Crippen LogP contribution is 2.25. The summed E-state index contributed by atoms with van der Waals surface area (Å²) in [4.78, 5) is 25.1. The van der Waals surface area contributed by atoms with E-state index < -0.39 is 17.2 Å². The van der Waals surface area contributed by atoms with Crippen molar-refractivity contribution in [2.45, 2.75) is 0 Å². The molecule has 7 heteroatoms. The molecule has 0 saturated carbocycles. The monoisotopic (exact) mass is 298 g/mol. The molecule has 1 aromatic heterocycles. The van der Waals surface area contributed by atoms with Crippen molar-refractivity contribution in [2.24, 2.45) is 0 Å². The molecule has 2 aromatic rings. The third-order valence-corrected chi connectivity index (χ3v) is 3.06. The molecule has 0 spiro atoms. The van der Waals surface area contributed by atoms with Crippen LogP contribution in [0.5, 0.6) is 5.75 Å². The molecule has 0 aliphatic carbocycles. The molecule has 0 aliphatic rings. The van der Waals surface area contributed by atoms with E-state index in [0.29, 0.717) is 15.7 Å². The summed E-state index contributed by atoms with van der Waals surface area (Å²) in [5, 5.41) is 12.7. The van der Waals surface area contributed by atoms with Crippen LogP contribution in [0.2, 0.25) is 10.0 Å². The minimum Gasteiger partial charge on any atom is -0.507 e. The number of anilines is 1. The number of aromatic hydroxyl groups is 1. The van der Waals surface area contributed by atoms with E-state index in [1.807, 2.05) is 0 Å². The van der Waals surface area contributed by atoms with Gasteiger partial charge in [0.2, 0.25) is 0 Å². The van der Waals surface area contributed by atoms with Gasteiger partial charge in [-0.05, 0) is 18.2 Å². The second-order valence-corrected chi connectivity index (χ2v) is 4.49. The molecule has 19 heavy (non-hydrogen) atoms. The number of carbonyl (C=O) groups is 1. The fraction of sp³-hybridized carbons (Fsp3) is 0. The number of aromatic nitrogens is 1. The number of carbonyl (C=O) groups excluding carboxylic acids is 1. The number of rotatable bonds is 2. The molecule has 98 valence electrons. The highest BCUT2D eigenvalue weighted by Gasteiger charge is 2.12. The molecule has 1 amide bonds. The molecule has 0 unspecified atom stereocenters. The van der Waals surface area contributed by atoms with Gasteiger partial charge in [-0.1, -0.05) is 23.2 Å². The maximum atomic E-state index is 11.9. The zero-order chi connectivity index (χ0) is 14.0. The van der Waals surface area contributed by atoms with Crippen LogP contribution in [-0.2, 0) is 0 Å². The first-order valence-corrected chi connectivity index (χ1v) is 5.91. The van der Waals surface area contributed by atoms with Crippen LogP contribution in [0, 0.1) is 0 Å². The Kier molecular flexibility index (Phi) is 3.78. The van der Waals surface area contributed by atoms with Crippen molar-refractivity contribution < 1.29 is 9.90 Å². The maximum absolute atomic E-state index is 11.9. The molecule has 1 aromatic carbocycles. The largest absolute Gasteiger partial charge is 0.507 e. The first kappa shape index (κ1) is 13.5. The lowest BCUT2D eigenvalue weighted by Gasteiger charge is -2.07. The van der Waals surface area contributed by atoms with Crippen LogP contribution in [0.25, 0.3) is 0 Å². The number of amides is 1. The van der Waals surface area contributed by atoms with Gasteiger partial charge >= 0.3 is 0 Å². The second-order valence-electron chi connectivity index (χ2n) is 3.68. The highest BCUT2D eigenvalue weighted by atomic mass is 35.5. The van der Waals surface area contributed by atoms with Crippen molar-refractivity contribution in [1.29, 1.82) is 0 Å². The van der Waals surface area contributed by atoms with Gasteiger partial charge in [0.15, 0.2) is 0 Å². The summed E-state index contributed by atoms with van der Waals surface area (Å²) in [6, 6.07) is 5.50. The van der Waals surface area contributed by atoms with Gasteiger partial charge in [0.05, 0.1) is 15.6 Å². The van der Waals surface area contributed by atoms with Crippen LogP contribution in [0.4, 0.5) is 5.69 Å². The van der Waals surface area contributed by atoms with E-state index in [4.69, 9.17) is 23.2 Å². The Morgan fingerprint density at radius 1 is 1.21 bits per heavy atom. The van der Waals surface area contributed by atoms with Crippen LogP contribution in [0.1, 0.15) is 10.4 Å². The molecule has 1 heterocycles. The van der Waals surface area contributed by atoms with Crippen LogP contribution >= 0.6 is 23.2 Å². The number of hydrogen-bond donors (Lipinski definition) is 3. The lowest BCUT2D eigenvalue weighted by atomic mass is 10.2. The Morgan fingerprint density at radius 2 is 1.95 bits per heavy atom. The number of aromatic amines is 1. The van der Waals surface area contributed by atoms with Crippen molar-refractivity contribution in [1.82, 2.24) is 4.98 Å². The van der Waals surface area contributed by atoms with Crippen LogP contribution in [0.3, 0.4) is 0 Å². The molecular formula is C12H8Cl2N2O3. The topological polar surface area (TPSA) is 82.2 Å².